The molecule has 1 heterocycles. The molecule has 2 N–H and O–H groups in total. The van der Waals surface area contributed by atoms with Crippen LogP contribution >= 0.6 is 0 Å². The van der Waals surface area contributed by atoms with Gasteiger partial charge in [0, 0.05) is 0 Å². The average Bonchev–Trinajstić information content (AvgIpc) is 2.17. The highest BCUT2D eigenvalue weighted by Crippen LogP contribution is 2.30. The third kappa shape index (κ3) is 1.28. The molecule has 62 valence electrons. The van der Waals surface area contributed by atoms with Crippen molar-refractivity contribution in [3.05, 3.63) is 0 Å². The topological polar surface area (TPSA) is 49.7 Å². The molecule has 11 heavy (non-hydrogen) atoms. The smallest absolute Gasteiger partial charge is 0.146 e. The van der Waals surface area contributed by atoms with Crippen LogP contribution in [0.25, 0.3) is 0 Å². The molecule has 0 saturated carbocycles. The Bertz CT molecular complexity index is 157. The summed E-state index contributed by atoms with van der Waals surface area (Å²) >= 11 is 0. The summed E-state index contributed by atoms with van der Waals surface area (Å²) in [4.78, 5) is 0. The van der Waals surface area contributed by atoms with Gasteiger partial charge in [-0.05, 0) is 6.92 Å². The summed E-state index contributed by atoms with van der Waals surface area (Å²) in [6, 6.07) is -1.14. The number of aliphatic hydroxyl groups is 2. The summed E-state index contributed by atoms with van der Waals surface area (Å²) < 4.78 is 17.6. The van der Waals surface area contributed by atoms with Crippen molar-refractivity contribution in [3.8, 4) is 0 Å². The van der Waals surface area contributed by atoms with Gasteiger partial charge in [-0.1, -0.05) is 0 Å². The number of hydrogen-bond acceptors (Lipinski definition) is 3. The lowest BCUT2D eigenvalue weighted by atomic mass is 9.91. The Labute approximate surface area is 65.6 Å². The van der Waals surface area contributed by atoms with Crippen molar-refractivity contribution in [1.82, 2.24) is 0 Å². The van der Waals surface area contributed by atoms with E-state index in [1.54, 1.807) is 0 Å². The first-order chi connectivity index (χ1) is 5.01. The minimum absolute atomic E-state index is 0.442. The van der Waals surface area contributed by atoms with Crippen LogP contribution in [0.3, 0.4) is 0 Å². The Kier molecular flexibility index (Phi) is 2.23. The Morgan fingerprint density at radius 3 is 2.45 bits per heavy atom. The van der Waals surface area contributed by atoms with E-state index in [9.17, 15) is 4.39 Å². The van der Waals surface area contributed by atoms with Crippen molar-refractivity contribution in [2.75, 3.05) is 6.61 Å². The summed E-state index contributed by atoms with van der Waals surface area (Å²) in [6.45, 7) is 0.972. The van der Waals surface area contributed by atoms with Gasteiger partial charge in [-0.3, -0.25) is 0 Å². The molecule has 0 aromatic rings. The van der Waals surface area contributed by atoms with Gasteiger partial charge in [0.1, 0.15) is 25.7 Å². The molecule has 0 bridgehead atoms. The summed E-state index contributed by atoms with van der Waals surface area (Å²) in [5, 5.41) is 17.9. The Morgan fingerprint density at radius 2 is 2.27 bits per heavy atom. The molecule has 4 unspecified atom stereocenters. The molecule has 0 aromatic carbocycles. The molecule has 1 aliphatic rings. The number of ether oxygens (including phenoxy) is 1. The minimum atomic E-state index is -1.62. The molecular weight excluding hydrogens is 150 g/mol. The zero-order valence-corrected chi connectivity index (χ0v) is 6.20. The first-order valence-corrected chi connectivity index (χ1v) is 3.37. The van der Waals surface area contributed by atoms with Crippen LogP contribution in [-0.2, 0) is 4.74 Å². The van der Waals surface area contributed by atoms with Gasteiger partial charge in [0.05, 0.1) is 12.6 Å². The fourth-order valence-corrected chi connectivity index (χ4v) is 1.09. The van der Waals surface area contributed by atoms with Crippen LogP contribution in [0.5, 0.6) is 0 Å². The molecule has 1 aliphatic heterocycles. The van der Waals surface area contributed by atoms with E-state index in [0.717, 1.165) is 0 Å². The quantitative estimate of drug-likeness (QED) is 0.481. The number of rotatable bonds is 1. The van der Waals surface area contributed by atoms with Crippen LogP contribution in [0.4, 0.5) is 4.39 Å². The molecule has 1 rings (SSSR count). The number of aliphatic hydroxyl groups excluding tert-OH is 2. The van der Waals surface area contributed by atoms with E-state index in [1.165, 1.54) is 6.92 Å². The monoisotopic (exact) mass is 160 g/mol. The van der Waals surface area contributed by atoms with Crippen molar-refractivity contribution >= 4 is 7.85 Å². The molecule has 0 aromatic heterocycles. The highest BCUT2D eigenvalue weighted by molar-refractivity contribution is 6.11. The SMILES string of the molecule is [B]C1OC(C)(CO)C(O)C1F. The Morgan fingerprint density at radius 1 is 1.73 bits per heavy atom. The average molecular weight is 160 g/mol. The fourth-order valence-electron chi connectivity index (χ4n) is 1.09. The predicted octanol–water partition coefficient (Wildman–Crippen LogP) is -1.04. The fraction of sp³-hybridized carbons (Fsp3) is 1.00. The maximum Gasteiger partial charge on any atom is 0.146 e. The highest BCUT2D eigenvalue weighted by Gasteiger charge is 2.49. The van der Waals surface area contributed by atoms with Gasteiger partial charge in [-0.25, -0.2) is 4.39 Å². The van der Waals surface area contributed by atoms with Crippen molar-refractivity contribution in [2.45, 2.75) is 30.8 Å². The standard InChI is InChI=1S/C6H10BFO3/c1-6(2-9)4(10)3(8)5(7)11-6/h3-5,9-10H,2H2,1H3. The second kappa shape index (κ2) is 2.73. The Hall–Kier alpha value is -0.125. The molecule has 3 nitrogen and oxygen atoms in total. The molecule has 4 atom stereocenters. The van der Waals surface area contributed by atoms with Crippen LogP contribution in [0.15, 0.2) is 0 Å². The van der Waals surface area contributed by atoms with E-state index in [0.29, 0.717) is 0 Å². The first-order valence-electron chi connectivity index (χ1n) is 3.37. The van der Waals surface area contributed by atoms with Crippen molar-refractivity contribution < 1.29 is 19.3 Å². The van der Waals surface area contributed by atoms with Crippen LogP contribution < -0.4 is 0 Å². The van der Waals surface area contributed by atoms with Gasteiger partial charge in [0.2, 0.25) is 0 Å². The van der Waals surface area contributed by atoms with Gasteiger partial charge in [-0.15, -0.1) is 0 Å². The summed E-state index contributed by atoms with van der Waals surface area (Å²) in [5.74, 6) is 0. The maximum absolute atomic E-state index is 12.8. The number of halogens is 1. The van der Waals surface area contributed by atoms with E-state index in [2.05, 4.69) is 0 Å². The third-order valence-electron chi connectivity index (χ3n) is 1.96. The van der Waals surface area contributed by atoms with E-state index < -0.39 is 30.5 Å². The lowest BCUT2D eigenvalue weighted by molar-refractivity contribution is -0.0852. The molecule has 1 saturated heterocycles. The van der Waals surface area contributed by atoms with E-state index in [4.69, 9.17) is 22.8 Å². The van der Waals surface area contributed by atoms with E-state index >= 15 is 0 Å². The van der Waals surface area contributed by atoms with E-state index in [-0.39, 0.29) is 0 Å². The number of alkyl halides is 1. The lowest BCUT2D eigenvalue weighted by Gasteiger charge is -2.24. The third-order valence-corrected chi connectivity index (χ3v) is 1.96. The van der Waals surface area contributed by atoms with Crippen LogP contribution in [0, 0.1) is 0 Å². The molecular formula is C6H10BFO3. The van der Waals surface area contributed by atoms with Crippen LogP contribution in [-0.4, -0.2) is 48.5 Å². The molecule has 1 fully saturated rings. The summed E-state index contributed by atoms with van der Waals surface area (Å²) in [5.41, 5.74) is -1.25. The molecule has 0 aliphatic carbocycles. The van der Waals surface area contributed by atoms with Gasteiger partial charge in [0.25, 0.3) is 0 Å². The molecule has 0 amide bonds. The van der Waals surface area contributed by atoms with Crippen LogP contribution in [0.1, 0.15) is 6.92 Å². The van der Waals surface area contributed by atoms with Crippen molar-refractivity contribution in [2.24, 2.45) is 0 Å². The predicted molar refractivity (Wildman–Crippen MR) is 37.0 cm³/mol. The minimum Gasteiger partial charge on any atom is -0.393 e. The highest BCUT2D eigenvalue weighted by atomic mass is 19.1. The zero-order valence-electron chi connectivity index (χ0n) is 6.20. The van der Waals surface area contributed by atoms with Crippen molar-refractivity contribution in [1.29, 1.82) is 0 Å². The molecule has 5 heteroatoms. The van der Waals surface area contributed by atoms with Gasteiger partial charge < -0.3 is 14.9 Å². The van der Waals surface area contributed by atoms with Gasteiger partial charge >= 0.3 is 0 Å². The second-order valence-electron chi connectivity index (χ2n) is 2.94. The Balaban J connectivity index is 2.73. The zero-order chi connectivity index (χ0) is 8.65. The normalized spacial score (nSPS) is 51.5. The van der Waals surface area contributed by atoms with Gasteiger partial charge in [-0.2, -0.15) is 0 Å². The first kappa shape index (κ1) is 8.97. The van der Waals surface area contributed by atoms with Crippen molar-refractivity contribution in [3.63, 3.8) is 0 Å². The molecule has 0 spiro atoms. The lowest BCUT2D eigenvalue weighted by Crippen LogP contribution is -2.42. The summed E-state index contributed by atoms with van der Waals surface area (Å²) in [6.07, 6.45) is -2.96. The largest absolute Gasteiger partial charge is 0.393 e. The molecule has 2 radical (unpaired) electrons. The second-order valence-corrected chi connectivity index (χ2v) is 2.94. The van der Waals surface area contributed by atoms with Crippen LogP contribution in [0.2, 0.25) is 0 Å². The van der Waals surface area contributed by atoms with Gasteiger partial charge in [0.15, 0.2) is 0 Å². The van der Waals surface area contributed by atoms with E-state index in [1.807, 2.05) is 0 Å². The summed E-state index contributed by atoms with van der Waals surface area (Å²) in [7, 11) is 5.15. The maximum atomic E-state index is 12.8. The number of hydrogen-bond donors (Lipinski definition) is 2.